The lowest BCUT2D eigenvalue weighted by molar-refractivity contribution is -0.129. The van der Waals surface area contributed by atoms with Crippen molar-refractivity contribution in [1.29, 1.82) is 0 Å². The maximum Gasteiger partial charge on any atom is 0.252 e. The van der Waals surface area contributed by atoms with Gasteiger partial charge in [0.05, 0.1) is 6.61 Å². The highest BCUT2D eigenvalue weighted by Gasteiger charge is 2.53. The van der Waals surface area contributed by atoms with E-state index in [4.69, 9.17) is 19.6 Å². The molecule has 0 aromatic heterocycles. The zero-order valence-electron chi connectivity index (χ0n) is 22.6. The third-order valence-corrected chi connectivity index (χ3v) is 7.50. The summed E-state index contributed by atoms with van der Waals surface area (Å²) in [4.78, 5) is 19.2. The summed E-state index contributed by atoms with van der Waals surface area (Å²) in [6.45, 7) is 0.271. The van der Waals surface area contributed by atoms with Crippen LogP contribution in [0, 0.1) is 11.6 Å². The molecule has 2 atom stereocenters. The van der Waals surface area contributed by atoms with E-state index in [1.54, 1.807) is 24.3 Å². The number of carbonyl (C=O) groups excluding carboxylic acids is 1. The molecule has 42 heavy (non-hydrogen) atoms. The Morgan fingerprint density at radius 1 is 1.00 bits per heavy atom. The van der Waals surface area contributed by atoms with E-state index in [9.17, 15) is 13.6 Å². The predicted molar refractivity (Wildman–Crippen MR) is 159 cm³/mol. The Bertz CT molecular complexity index is 1550. The highest BCUT2D eigenvalue weighted by Crippen LogP contribution is 2.43. The monoisotopic (exact) mass is 634 g/mol. The molecule has 216 valence electrons. The minimum atomic E-state index is -1.45. The second kappa shape index (κ2) is 13.3. The van der Waals surface area contributed by atoms with Gasteiger partial charge >= 0.3 is 0 Å². The molecule has 9 heteroatoms. The fourth-order valence-corrected chi connectivity index (χ4v) is 5.08. The molecule has 1 aliphatic rings. The highest BCUT2D eigenvalue weighted by atomic mass is 79.9. The van der Waals surface area contributed by atoms with Gasteiger partial charge in [-0.05, 0) is 53.6 Å². The SMILES string of the molecule is O=C(NCc1ccc(F)cc1F)[C@]1(Cc2ccccc2)N=C(c2ccc(OCCCO)cc2)O[C@@H]1c1ccc(Br)cc1. The van der Waals surface area contributed by atoms with Gasteiger partial charge in [0.25, 0.3) is 5.91 Å². The molecule has 0 saturated heterocycles. The Morgan fingerprint density at radius 3 is 2.43 bits per heavy atom. The Labute approximate surface area is 251 Å². The second-order valence-electron chi connectivity index (χ2n) is 9.92. The van der Waals surface area contributed by atoms with E-state index in [1.807, 2.05) is 54.6 Å². The fraction of sp³-hybridized carbons (Fsp3) is 0.212. The van der Waals surface area contributed by atoms with Crippen LogP contribution in [0.15, 0.2) is 107 Å². The van der Waals surface area contributed by atoms with Gasteiger partial charge in [-0.25, -0.2) is 13.8 Å². The number of nitrogens with zero attached hydrogens (tertiary/aromatic N) is 1. The molecule has 1 heterocycles. The lowest BCUT2D eigenvalue weighted by Gasteiger charge is -2.31. The molecule has 4 aromatic rings. The van der Waals surface area contributed by atoms with E-state index in [2.05, 4.69) is 21.2 Å². The number of rotatable bonds is 11. The Morgan fingerprint density at radius 2 is 1.74 bits per heavy atom. The Balaban J connectivity index is 1.54. The van der Waals surface area contributed by atoms with Crippen LogP contribution >= 0.6 is 15.9 Å². The maximum absolute atomic E-state index is 14.4. The smallest absolute Gasteiger partial charge is 0.252 e. The summed E-state index contributed by atoms with van der Waals surface area (Å²) in [6.07, 6.45) is -0.0804. The number of ether oxygens (including phenoxy) is 2. The Hall–Kier alpha value is -4.08. The van der Waals surface area contributed by atoms with Crippen LogP contribution in [0.25, 0.3) is 0 Å². The molecule has 1 aliphatic heterocycles. The number of halogens is 3. The van der Waals surface area contributed by atoms with E-state index < -0.39 is 29.2 Å². The molecule has 0 unspecified atom stereocenters. The molecule has 0 aliphatic carbocycles. The van der Waals surface area contributed by atoms with Gasteiger partial charge < -0.3 is 19.9 Å². The van der Waals surface area contributed by atoms with Crippen molar-refractivity contribution in [1.82, 2.24) is 5.32 Å². The molecular weight excluding hydrogens is 606 g/mol. The van der Waals surface area contributed by atoms with Crippen molar-refractivity contribution < 1.29 is 28.2 Å². The number of benzene rings is 4. The van der Waals surface area contributed by atoms with Gasteiger partial charge in [0.15, 0.2) is 11.6 Å². The lowest BCUT2D eigenvalue weighted by Crippen LogP contribution is -2.49. The highest BCUT2D eigenvalue weighted by molar-refractivity contribution is 9.10. The number of hydrogen-bond acceptors (Lipinski definition) is 5. The van der Waals surface area contributed by atoms with Crippen molar-refractivity contribution in [3.63, 3.8) is 0 Å². The minimum absolute atomic E-state index is 0.0412. The molecule has 1 amide bonds. The first-order valence-corrected chi connectivity index (χ1v) is 14.3. The molecule has 0 saturated carbocycles. The average molecular weight is 636 g/mol. The van der Waals surface area contributed by atoms with Crippen molar-refractivity contribution in [2.45, 2.75) is 31.0 Å². The summed E-state index contributed by atoms with van der Waals surface area (Å²) in [6, 6.07) is 27.4. The molecule has 6 nitrogen and oxygen atoms in total. The molecule has 4 aromatic carbocycles. The number of aliphatic hydroxyl groups is 1. The first-order chi connectivity index (χ1) is 20.4. The van der Waals surface area contributed by atoms with Gasteiger partial charge in [-0.3, -0.25) is 4.79 Å². The number of aliphatic hydroxyl groups excluding tert-OH is 1. The molecule has 5 rings (SSSR count). The minimum Gasteiger partial charge on any atom is -0.494 e. The van der Waals surface area contributed by atoms with Gasteiger partial charge in [-0.15, -0.1) is 0 Å². The standard InChI is InChI=1S/C33H29BrF2N2O4/c34-26-12-7-23(8-13-26)30-33(20-22-5-2-1-3-6-22,32(40)37-21-25-9-14-27(35)19-29(25)36)38-31(42-30)24-10-15-28(16-11-24)41-18-4-17-39/h1-3,5-16,19,30,39H,4,17-18,20-21H2,(H,37,40)/t30-,33-/m1/s1. The zero-order valence-corrected chi connectivity index (χ0v) is 24.2. The zero-order chi connectivity index (χ0) is 29.5. The van der Waals surface area contributed by atoms with Gasteiger partial charge in [-0.1, -0.05) is 64.5 Å². The van der Waals surface area contributed by atoms with Crippen molar-refractivity contribution in [2.75, 3.05) is 13.2 Å². The second-order valence-corrected chi connectivity index (χ2v) is 10.8. The third-order valence-electron chi connectivity index (χ3n) is 6.97. The van der Waals surface area contributed by atoms with E-state index in [0.29, 0.717) is 24.3 Å². The van der Waals surface area contributed by atoms with Crippen molar-refractivity contribution in [2.24, 2.45) is 4.99 Å². The molecule has 0 bridgehead atoms. The van der Waals surface area contributed by atoms with Crippen LogP contribution in [0.1, 0.15) is 34.8 Å². The summed E-state index contributed by atoms with van der Waals surface area (Å²) < 4.78 is 40.9. The molecule has 0 radical (unpaired) electrons. The molecule has 0 spiro atoms. The summed E-state index contributed by atoms with van der Waals surface area (Å²) >= 11 is 3.47. The van der Waals surface area contributed by atoms with Crippen LogP contribution in [0.4, 0.5) is 8.78 Å². The van der Waals surface area contributed by atoms with E-state index in [1.165, 1.54) is 6.07 Å². The average Bonchev–Trinajstić information content (AvgIpc) is 3.38. The predicted octanol–water partition coefficient (Wildman–Crippen LogP) is 6.30. The van der Waals surface area contributed by atoms with E-state index in [0.717, 1.165) is 27.7 Å². The Kier molecular flexibility index (Phi) is 9.29. The molecular formula is C33H29BrF2N2O4. The first kappa shape index (κ1) is 29.4. The van der Waals surface area contributed by atoms with Crippen LogP contribution in [0.5, 0.6) is 5.75 Å². The number of aliphatic imine (C=N–C) groups is 1. The molecule has 2 N–H and O–H groups in total. The lowest BCUT2D eigenvalue weighted by atomic mass is 9.82. The van der Waals surface area contributed by atoms with Gasteiger partial charge in [-0.2, -0.15) is 0 Å². The molecule has 0 fully saturated rings. The van der Waals surface area contributed by atoms with Crippen LogP contribution in [0.3, 0.4) is 0 Å². The summed E-state index contributed by atoms with van der Waals surface area (Å²) in [5.74, 6) is -0.984. The van der Waals surface area contributed by atoms with Gasteiger partial charge in [0.2, 0.25) is 5.90 Å². The van der Waals surface area contributed by atoms with E-state index in [-0.39, 0.29) is 31.0 Å². The van der Waals surface area contributed by atoms with E-state index >= 15 is 0 Å². The number of carbonyl (C=O) groups is 1. The fourth-order valence-electron chi connectivity index (χ4n) is 4.82. The van der Waals surface area contributed by atoms with Crippen LogP contribution in [0.2, 0.25) is 0 Å². The van der Waals surface area contributed by atoms with Crippen molar-refractivity contribution in [3.8, 4) is 5.75 Å². The van der Waals surface area contributed by atoms with Crippen LogP contribution < -0.4 is 10.1 Å². The number of hydrogen-bond donors (Lipinski definition) is 2. The van der Waals surface area contributed by atoms with Crippen molar-refractivity contribution >= 4 is 27.7 Å². The number of nitrogens with one attached hydrogen (secondary N) is 1. The normalized spacial score (nSPS) is 17.8. The maximum atomic E-state index is 14.4. The van der Waals surface area contributed by atoms with Crippen molar-refractivity contribution in [3.05, 3.63) is 135 Å². The summed E-state index contributed by atoms with van der Waals surface area (Å²) in [5.41, 5.74) is 0.958. The largest absolute Gasteiger partial charge is 0.494 e. The third kappa shape index (κ3) is 6.69. The topological polar surface area (TPSA) is 80.2 Å². The van der Waals surface area contributed by atoms with Gasteiger partial charge in [0.1, 0.15) is 17.4 Å². The summed E-state index contributed by atoms with van der Waals surface area (Å²) in [7, 11) is 0. The first-order valence-electron chi connectivity index (χ1n) is 13.5. The van der Waals surface area contributed by atoms with Crippen LogP contribution in [-0.2, 0) is 22.5 Å². The quantitative estimate of drug-likeness (QED) is 0.190. The van der Waals surface area contributed by atoms with Gasteiger partial charge in [0, 0.05) is 47.7 Å². The number of amides is 1. The summed E-state index contributed by atoms with van der Waals surface area (Å²) in [5, 5.41) is 11.9. The van der Waals surface area contributed by atoms with Crippen LogP contribution in [-0.4, -0.2) is 35.7 Å².